The number of rotatable bonds is 8. The molecule has 9 heteroatoms. The first-order valence-corrected chi connectivity index (χ1v) is 12.2. The van der Waals surface area contributed by atoms with Gasteiger partial charge in [-0.15, -0.1) is 11.3 Å². The van der Waals surface area contributed by atoms with E-state index in [0.29, 0.717) is 22.4 Å². The van der Waals surface area contributed by atoms with Crippen molar-refractivity contribution < 1.29 is 24.5 Å². The normalized spacial score (nSPS) is 16.3. The quantitative estimate of drug-likeness (QED) is 0.434. The first kappa shape index (κ1) is 25.1. The smallest absolute Gasteiger partial charge is 0.412 e. The maximum atomic E-state index is 13.2. The van der Waals surface area contributed by atoms with Crippen LogP contribution in [0.15, 0.2) is 29.6 Å². The fourth-order valence-electron chi connectivity index (χ4n) is 3.98. The summed E-state index contributed by atoms with van der Waals surface area (Å²) in [5, 5.41) is 26.4. The van der Waals surface area contributed by atoms with E-state index in [1.54, 1.807) is 38.3 Å². The van der Waals surface area contributed by atoms with E-state index in [1.165, 1.54) is 24.2 Å². The van der Waals surface area contributed by atoms with Crippen LogP contribution in [-0.2, 0) is 9.53 Å². The Kier molecular flexibility index (Phi) is 8.45. The summed E-state index contributed by atoms with van der Waals surface area (Å²) in [4.78, 5) is 29.5. The van der Waals surface area contributed by atoms with Gasteiger partial charge in [0.2, 0.25) is 5.91 Å². The minimum absolute atomic E-state index is 0.158. The number of carbonyl (C=O) groups is 2. The highest BCUT2D eigenvalue weighted by Crippen LogP contribution is 2.35. The summed E-state index contributed by atoms with van der Waals surface area (Å²) in [6, 6.07) is 7.25. The summed E-state index contributed by atoms with van der Waals surface area (Å²) in [5.74, 6) is -0.0312. The number of anilines is 2. The van der Waals surface area contributed by atoms with Crippen molar-refractivity contribution >= 4 is 34.2 Å². The molecule has 1 aliphatic rings. The van der Waals surface area contributed by atoms with E-state index in [2.05, 4.69) is 15.6 Å². The van der Waals surface area contributed by atoms with Crippen LogP contribution in [-0.4, -0.2) is 39.4 Å². The van der Waals surface area contributed by atoms with Gasteiger partial charge in [-0.2, -0.15) is 0 Å². The minimum atomic E-state index is -1.06. The summed E-state index contributed by atoms with van der Waals surface area (Å²) in [6.07, 6.45) is 3.76. The SMILES string of the molecule is CC(C)(C)OC(=O)Nc1ccc(C(CC2CCCC2)C(=O)Nc2nc(C(O)CO)cs2)cc1. The van der Waals surface area contributed by atoms with E-state index in [-0.39, 0.29) is 11.8 Å². The molecule has 0 spiro atoms. The first-order valence-electron chi connectivity index (χ1n) is 11.3. The Morgan fingerprint density at radius 1 is 1.18 bits per heavy atom. The van der Waals surface area contributed by atoms with Crippen LogP contribution >= 0.6 is 11.3 Å². The molecular weight excluding hydrogens is 442 g/mol. The van der Waals surface area contributed by atoms with Crippen LogP contribution in [0.1, 0.15) is 76.2 Å². The number of nitrogens with one attached hydrogen (secondary N) is 2. The van der Waals surface area contributed by atoms with Crippen molar-refractivity contribution in [2.75, 3.05) is 17.2 Å². The van der Waals surface area contributed by atoms with Crippen molar-refractivity contribution in [3.8, 4) is 0 Å². The number of aromatic nitrogens is 1. The molecule has 0 bridgehead atoms. The molecule has 8 nitrogen and oxygen atoms in total. The van der Waals surface area contributed by atoms with Gasteiger partial charge in [-0.1, -0.05) is 37.8 Å². The highest BCUT2D eigenvalue weighted by molar-refractivity contribution is 7.13. The molecule has 1 aliphatic carbocycles. The Morgan fingerprint density at radius 3 is 2.45 bits per heavy atom. The van der Waals surface area contributed by atoms with E-state index in [4.69, 9.17) is 9.84 Å². The van der Waals surface area contributed by atoms with Crippen molar-refractivity contribution in [2.45, 2.75) is 70.5 Å². The summed E-state index contributed by atoms with van der Waals surface area (Å²) in [5.41, 5.74) is 1.21. The summed E-state index contributed by atoms with van der Waals surface area (Å²) in [6.45, 7) is 4.98. The van der Waals surface area contributed by atoms with E-state index in [0.717, 1.165) is 24.8 Å². The molecule has 0 saturated heterocycles. The molecule has 33 heavy (non-hydrogen) atoms. The first-order chi connectivity index (χ1) is 15.6. The van der Waals surface area contributed by atoms with Gasteiger partial charge in [0.1, 0.15) is 11.7 Å². The number of hydrogen-bond acceptors (Lipinski definition) is 7. The zero-order chi connectivity index (χ0) is 24.0. The van der Waals surface area contributed by atoms with Crippen LogP contribution in [0.5, 0.6) is 0 Å². The van der Waals surface area contributed by atoms with Gasteiger partial charge in [-0.05, 0) is 50.8 Å². The minimum Gasteiger partial charge on any atom is -0.444 e. The van der Waals surface area contributed by atoms with E-state index in [1.807, 2.05) is 12.1 Å². The molecule has 1 fully saturated rings. The molecular formula is C24H33N3O5S. The Balaban J connectivity index is 1.72. The summed E-state index contributed by atoms with van der Waals surface area (Å²) >= 11 is 1.22. The Bertz CT molecular complexity index is 932. The number of amides is 2. The number of thiazole rings is 1. The van der Waals surface area contributed by atoms with Gasteiger partial charge in [0.05, 0.1) is 18.2 Å². The van der Waals surface area contributed by atoms with Gasteiger partial charge in [0.15, 0.2) is 5.13 Å². The third-order valence-corrected chi connectivity index (χ3v) is 6.36. The molecule has 2 amide bonds. The average Bonchev–Trinajstić information content (AvgIpc) is 3.43. The zero-order valence-corrected chi connectivity index (χ0v) is 20.2. The summed E-state index contributed by atoms with van der Waals surface area (Å²) in [7, 11) is 0. The number of carbonyl (C=O) groups excluding carboxylic acids is 2. The number of ether oxygens (including phenoxy) is 1. The lowest BCUT2D eigenvalue weighted by Gasteiger charge is -2.21. The number of nitrogens with zero attached hydrogens (tertiary/aromatic N) is 1. The highest BCUT2D eigenvalue weighted by Gasteiger charge is 2.27. The molecule has 0 aliphatic heterocycles. The largest absolute Gasteiger partial charge is 0.444 e. The van der Waals surface area contributed by atoms with E-state index < -0.39 is 24.4 Å². The van der Waals surface area contributed by atoms with E-state index >= 15 is 0 Å². The fraction of sp³-hybridized carbons (Fsp3) is 0.542. The highest BCUT2D eigenvalue weighted by atomic mass is 32.1. The molecule has 2 aromatic rings. The molecule has 4 N–H and O–H groups in total. The molecule has 1 aromatic heterocycles. The van der Waals surface area contributed by atoms with Crippen LogP contribution in [0.2, 0.25) is 0 Å². The Hall–Kier alpha value is -2.49. The fourth-order valence-corrected chi connectivity index (χ4v) is 4.74. The van der Waals surface area contributed by atoms with Gasteiger partial charge in [-0.25, -0.2) is 9.78 Å². The van der Waals surface area contributed by atoms with Gasteiger partial charge in [0.25, 0.3) is 0 Å². The van der Waals surface area contributed by atoms with Gasteiger partial charge >= 0.3 is 6.09 Å². The van der Waals surface area contributed by atoms with Crippen molar-refractivity contribution in [1.29, 1.82) is 0 Å². The van der Waals surface area contributed by atoms with Crippen LogP contribution in [0.3, 0.4) is 0 Å². The van der Waals surface area contributed by atoms with Gasteiger partial charge < -0.3 is 20.3 Å². The molecule has 1 heterocycles. The molecule has 180 valence electrons. The lowest BCUT2D eigenvalue weighted by atomic mass is 9.87. The van der Waals surface area contributed by atoms with Crippen LogP contribution in [0.4, 0.5) is 15.6 Å². The van der Waals surface area contributed by atoms with E-state index in [9.17, 15) is 14.7 Å². The van der Waals surface area contributed by atoms with Crippen LogP contribution < -0.4 is 10.6 Å². The monoisotopic (exact) mass is 475 g/mol. The predicted molar refractivity (Wildman–Crippen MR) is 128 cm³/mol. The lowest BCUT2D eigenvalue weighted by molar-refractivity contribution is -0.118. The Labute approximate surface area is 198 Å². The topological polar surface area (TPSA) is 121 Å². The molecule has 3 rings (SSSR count). The van der Waals surface area contributed by atoms with Crippen molar-refractivity contribution in [1.82, 2.24) is 4.98 Å². The van der Waals surface area contributed by atoms with Crippen LogP contribution in [0, 0.1) is 5.92 Å². The van der Waals surface area contributed by atoms with Crippen molar-refractivity contribution in [3.05, 3.63) is 40.9 Å². The second-order valence-electron chi connectivity index (χ2n) is 9.45. The molecule has 1 aromatic carbocycles. The third-order valence-electron chi connectivity index (χ3n) is 5.59. The number of benzene rings is 1. The second-order valence-corrected chi connectivity index (χ2v) is 10.3. The summed E-state index contributed by atoms with van der Waals surface area (Å²) < 4.78 is 5.29. The maximum Gasteiger partial charge on any atom is 0.412 e. The lowest BCUT2D eigenvalue weighted by Crippen LogP contribution is -2.27. The maximum absolute atomic E-state index is 13.2. The van der Waals surface area contributed by atoms with Gasteiger partial charge in [0, 0.05) is 11.1 Å². The average molecular weight is 476 g/mol. The predicted octanol–water partition coefficient (Wildman–Crippen LogP) is 4.82. The van der Waals surface area contributed by atoms with Crippen molar-refractivity contribution in [2.24, 2.45) is 5.92 Å². The number of aliphatic hydroxyl groups excluding tert-OH is 2. The van der Waals surface area contributed by atoms with Gasteiger partial charge in [-0.3, -0.25) is 10.1 Å². The van der Waals surface area contributed by atoms with Crippen LogP contribution in [0.25, 0.3) is 0 Å². The second kappa shape index (κ2) is 11.1. The Morgan fingerprint density at radius 2 is 1.85 bits per heavy atom. The third kappa shape index (κ3) is 7.52. The standard InChI is InChI=1S/C24H33N3O5S/c1-24(2,3)32-23(31)25-17-10-8-16(9-11-17)18(12-15-6-4-5-7-15)21(30)27-22-26-19(14-33-22)20(29)13-28/h8-11,14-15,18,20,28-29H,4-7,12-13H2,1-3H3,(H,25,31)(H,26,27,30). The van der Waals surface area contributed by atoms with Crippen molar-refractivity contribution in [3.63, 3.8) is 0 Å². The number of aliphatic hydroxyl groups is 2. The molecule has 0 radical (unpaired) electrons. The molecule has 1 saturated carbocycles. The zero-order valence-electron chi connectivity index (χ0n) is 19.3. The molecule has 2 unspecified atom stereocenters. The molecule has 2 atom stereocenters. The number of hydrogen-bond donors (Lipinski definition) is 4.